The molecule has 0 N–H and O–H groups in total. The van der Waals surface area contributed by atoms with Gasteiger partial charge in [0.1, 0.15) is 0 Å². The lowest BCUT2D eigenvalue weighted by atomic mass is 10.0. The summed E-state index contributed by atoms with van der Waals surface area (Å²) in [5, 5.41) is 0. The number of rotatable bonds is 4. The Balaban J connectivity index is 1.62. The molecule has 1 atom stereocenters. The maximum Gasteiger partial charge on any atom is 0.338 e. The fraction of sp³-hybridized carbons (Fsp3) is 0.556. The zero-order chi connectivity index (χ0) is 18.9. The van der Waals surface area contributed by atoms with Crippen molar-refractivity contribution in [3.05, 3.63) is 29.3 Å². The third kappa shape index (κ3) is 4.00. The molecule has 1 fully saturated rings. The number of sulfonamides is 1. The van der Waals surface area contributed by atoms with Crippen molar-refractivity contribution in [1.82, 2.24) is 4.90 Å². The van der Waals surface area contributed by atoms with Crippen LogP contribution >= 0.6 is 0 Å². The van der Waals surface area contributed by atoms with Gasteiger partial charge in [-0.1, -0.05) is 6.92 Å². The molecule has 0 aliphatic carbocycles. The fourth-order valence-corrected chi connectivity index (χ4v) is 4.52. The van der Waals surface area contributed by atoms with E-state index in [0.29, 0.717) is 43.2 Å². The summed E-state index contributed by atoms with van der Waals surface area (Å²) < 4.78 is 30.0. The van der Waals surface area contributed by atoms with E-state index >= 15 is 0 Å². The Morgan fingerprint density at radius 1 is 1.27 bits per heavy atom. The second kappa shape index (κ2) is 7.26. The Labute approximate surface area is 154 Å². The van der Waals surface area contributed by atoms with Crippen molar-refractivity contribution in [2.24, 2.45) is 5.92 Å². The van der Waals surface area contributed by atoms with Crippen molar-refractivity contribution < 1.29 is 22.7 Å². The molecule has 1 aromatic carbocycles. The number of amides is 1. The number of nitrogens with zero attached hydrogens (tertiary/aromatic N) is 2. The van der Waals surface area contributed by atoms with Crippen LogP contribution in [0.3, 0.4) is 0 Å². The summed E-state index contributed by atoms with van der Waals surface area (Å²) in [5.74, 6) is -0.267. The van der Waals surface area contributed by atoms with Gasteiger partial charge in [0.2, 0.25) is 10.0 Å². The molecule has 1 saturated heterocycles. The Kier molecular flexibility index (Phi) is 5.22. The number of carbonyl (C=O) groups is 2. The lowest BCUT2D eigenvalue weighted by Gasteiger charge is -2.30. The summed E-state index contributed by atoms with van der Waals surface area (Å²) in [6.07, 6.45) is 3.80. The smallest absolute Gasteiger partial charge is 0.338 e. The van der Waals surface area contributed by atoms with Gasteiger partial charge in [-0.2, -0.15) is 0 Å². The molecular formula is C18H24N2O5S. The molecular weight excluding hydrogens is 356 g/mol. The van der Waals surface area contributed by atoms with Gasteiger partial charge in [0.25, 0.3) is 5.91 Å². The summed E-state index contributed by atoms with van der Waals surface area (Å²) in [6, 6.07) is 4.81. The van der Waals surface area contributed by atoms with E-state index in [0.717, 1.165) is 24.7 Å². The van der Waals surface area contributed by atoms with Crippen LogP contribution in [0.4, 0.5) is 5.69 Å². The normalized spacial score (nSPS) is 20.0. The third-order valence-corrected chi connectivity index (χ3v) is 6.08. The standard InChI is InChI=1S/C18H24N2O5S/c1-13-4-3-8-19(11-13)17(21)12-25-18(22)15-5-6-16-14(10-15)7-9-20(16)26(2,23)24/h5-6,10,13H,3-4,7-9,11-12H2,1-2H3. The van der Waals surface area contributed by atoms with Crippen molar-refractivity contribution in [1.29, 1.82) is 0 Å². The highest BCUT2D eigenvalue weighted by atomic mass is 32.2. The summed E-state index contributed by atoms with van der Waals surface area (Å²) in [4.78, 5) is 26.2. The fourth-order valence-electron chi connectivity index (χ4n) is 3.56. The van der Waals surface area contributed by atoms with Gasteiger partial charge in [-0.3, -0.25) is 9.10 Å². The van der Waals surface area contributed by atoms with E-state index in [9.17, 15) is 18.0 Å². The zero-order valence-corrected chi connectivity index (χ0v) is 15.9. The zero-order valence-electron chi connectivity index (χ0n) is 15.1. The van der Waals surface area contributed by atoms with E-state index in [1.54, 1.807) is 17.0 Å². The highest BCUT2D eigenvalue weighted by molar-refractivity contribution is 7.92. The van der Waals surface area contributed by atoms with Crippen LogP contribution in [-0.2, 0) is 26.0 Å². The molecule has 7 nitrogen and oxygen atoms in total. The van der Waals surface area contributed by atoms with Crippen molar-refractivity contribution in [2.75, 3.05) is 36.8 Å². The van der Waals surface area contributed by atoms with Gasteiger partial charge in [0, 0.05) is 19.6 Å². The van der Waals surface area contributed by atoms with Crippen LogP contribution in [0.5, 0.6) is 0 Å². The summed E-state index contributed by atoms with van der Waals surface area (Å²) in [7, 11) is -3.32. The van der Waals surface area contributed by atoms with E-state index in [4.69, 9.17) is 4.74 Å². The van der Waals surface area contributed by atoms with Crippen LogP contribution in [0.25, 0.3) is 0 Å². The van der Waals surface area contributed by atoms with Crippen LogP contribution in [0.15, 0.2) is 18.2 Å². The summed E-state index contributed by atoms with van der Waals surface area (Å²) in [6.45, 7) is 3.63. The molecule has 1 amide bonds. The molecule has 0 radical (unpaired) electrons. The molecule has 1 aromatic rings. The van der Waals surface area contributed by atoms with Crippen molar-refractivity contribution in [2.45, 2.75) is 26.2 Å². The number of esters is 1. The third-order valence-electron chi connectivity index (χ3n) is 4.90. The van der Waals surface area contributed by atoms with E-state index in [1.807, 2.05) is 0 Å². The SMILES string of the molecule is CC1CCCN(C(=O)COC(=O)c2ccc3c(c2)CCN3S(C)(=O)=O)C1. The second-order valence-corrected chi connectivity index (χ2v) is 9.00. The number of carbonyl (C=O) groups excluding carboxylic acids is 2. The molecule has 2 aliphatic heterocycles. The Morgan fingerprint density at radius 3 is 2.73 bits per heavy atom. The number of hydrogen-bond acceptors (Lipinski definition) is 5. The first-order valence-corrected chi connectivity index (χ1v) is 10.7. The van der Waals surface area contributed by atoms with Gasteiger partial charge in [-0.25, -0.2) is 13.2 Å². The number of likely N-dealkylation sites (tertiary alicyclic amines) is 1. The van der Waals surface area contributed by atoms with Crippen LogP contribution in [-0.4, -0.2) is 57.7 Å². The molecule has 1 unspecified atom stereocenters. The van der Waals surface area contributed by atoms with Gasteiger partial charge < -0.3 is 9.64 Å². The van der Waals surface area contributed by atoms with Gasteiger partial charge >= 0.3 is 5.97 Å². The molecule has 26 heavy (non-hydrogen) atoms. The minimum Gasteiger partial charge on any atom is -0.452 e. The number of ether oxygens (including phenoxy) is 1. The topological polar surface area (TPSA) is 84.0 Å². The van der Waals surface area contributed by atoms with Gasteiger partial charge in [-0.15, -0.1) is 0 Å². The van der Waals surface area contributed by atoms with E-state index in [2.05, 4.69) is 6.92 Å². The van der Waals surface area contributed by atoms with Crippen LogP contribution < -0.4 is 4.31 Å². The molecule has 3 rings (SSSR count). The number of fused-ring (bicyclic) bond motifs is 1. The second-order valence-electron chi connectivity index (χ2n) is 7.09. The first kappa shape index (κ1) is 18.7. The number of anilines is 1. The largest absolute Gasteiger partial charge is 0.452 e. The first-order chi connectivity index (χ1) is 12.3. The van der Waals surface area contributed by atoms with E-state index in [-0.39, 0.29) is 12.5 Å². The predicted octanol–water partition coefficient (Wildman–Crippen LogP) is 1.42. The Morgan fingerprint density at radius 2 is 2.04 bits per heavy atom. The van der Waals surface area contributed by atoms with Crippen LogP contribution in [0.1, 0.15) is 35.7 Å². The minimum atomic E-state index is -3.32. The van der Waals surface area contributed by atoms with Crippen LogP contribution in [0, 0.1) is 5.92 Å². The van der Waals surface area contributed by atoms with E-state index < -0.39 is 16.0 Å². The molecule has 0 saturated carbocycles. The maximum atomic E-state index is 12.2. The van der Waals surface area contributed by atoms with Gasteiger partial charge in [0.05, 0.1) is 17.5 Å². The molecule has 0 bridgehead atoms. The molecule has 142 valence electrons. The van der Waals surface area contributed by atoms with Gasteiger partial charge in [-0.05, 0) is 48.9 Å². The highest BCUT2D eigenvalue weighted by Gasteiger charge is 2.27. The maximum absolute atomic E-state index is 12.2. The summed E-state index contributed by atoms with van der Waals surface area (Å²) in [5.41, 5.74) is 1.72. The number of piperidine rings is 1. The molecule has 2 heterocycles. The average molecular weight is 380 g/mol. The first-order valence-electron chi connectivity index (χ1n) is 8.81. The van der Waals surface area contributed by atoms with Crippen molar-refractivity contribution >= 4 is 27.6 Å². The Hall–Kier alpha value is -2.09. The summed E-state index contributed by atoms with van der Waals surface area (Å²) >= 11 is 0. The Bertz CT molecular complexity index is 821. The van der Waals surface area contributed by atoms with Crippen molar-refractivity contribution in [3.63, 3.8) is 0 Å². The van der Waals surface area contributed by atoms with Gasteiger partial charge in [0.15, 0.2) is 6.61 Å². The number of hydrogen-bond donors (Lipinski definition) is 0. The number of benzene rings is 1. The molecule has 8 heteroatoms. The lowest BCUT2D eigenvalue weighted by molar-refractivity contribution is -0.136. The predicted molar refractivity (Wildman–Crippen MR) is 97.6 cm³/mol. The van der Waals surface area contributed by atoms with E-state index in [1.165, 1.54) is 10.4 Å². The lowest BCUT2D eigenvalue weighted by Crippen LogP contribution is -2.41. The molecule has 0 aromatic heterocycles. The van der Waals surface area contributed by atoms with Crippen molar-refractivity contribution in [3.8, 4) is 0 Å². The highest BCUT2D eigenvalue weighted by Crippen LogP contribution is 2.30. The average Bonchev–Trinajstić information content (AvgIpc) is 3.02. The monoisotopic (exact) mass is 380 g/mol. The van der Waals surface area contributed by atoms with Crippen LogP contribution in [0.2, 0.25) is 0 Å². The molecule has 2 aliphatic rings. The molecule has 0 spiro atoms. The minimum absolute atomic E-state index is 0.172. The quantitative estimate of drug-likeness (QED) is 0.738.